The summed E-state index contributed by atoms with van der Waals surface area (Å²) in [6, 6.07) is 0. The van der Waals surface area contributed by atoms with Crippen molar-refractivity contribution in [2.24, 2.45) is 0 Å². The summed E-state index contributed by atoms with van der Waals surface area (Å²) < 4.78 is 5.47. The van der Waals surface area contributed by atoms with Crippen LogP contribution in [0.5, 0.6) is 0 Å². The molecule has 5 nitrogen and oxygen atoms in total. The van der Waals surface area contributed by atoms with Gasteiger partial charge in [-0.25, -0.2) is 4.79 Å². The van der Waals surface area contributed by atoms with Crippen molar-refractivity contribution in [2.75, 3.05) is 13.1 Å². The van der Waals surface area contributed by atoms with Gasteiger partial charge in [0.05, 0.1) is 11.0 Å². The highest BCUT2D eigenvalue weighted by atomic mass is 16.6. The molecule has 1 aromatic heterocycles. The van der Waals surface area contributed by atoms with Crippen molar-refractivity contribution in [3.05, 3.63) is 28.4 Å². The third-order valence-corrected chi connectivity index (χ3v) is 4.48. The zero-order chi connectivity index (χ0) is 17.2. The number of allylic oxidation sites excluding steroid dienone is 2. The van der Waals surface area contributed by atoms with Gasteiger partial charge in [-0.3, -0.25) is 5.10 Å². The molecule has 1 N–H and O–H groups in total. The van der Waals surface area contributed by atoms with Crippen molar-refractivity contribution in [3.63, 3.8) is 0 Å². The number of likely N-dealkylation sites (tertiary alicyclic amines) is 1. The SMILES string of the molecule is CC(C)(C)OC(=O)N1CCC(c2n[nH]c3c2=CC=CCCC=3)CC1. The lowest BCUT2D eigenvalue weighted by molar-refractivity contribution is 0.0204. The van der Waals surface area contributed by atoms with Crippen LogP contribution in [0.4, 0.5) is 4.79 Å². The van der Waals surface area contributed by atoms with E-state index >= 15 is 0 Å². The first kappa shape index (κ1) is 16.8. The third kappa shape index (κ3) is 3.89. The highest BCUT2D eigenvalue weighted by molar-refractivity contribution is 5.68. The minimum Gasteiger partial charge on any atom is -0.444 e. The number of H-pyrrole nitrogens is 1. The van der Waals surface area contributed by atoms with Crippen LogP contribution in [0, 0.1) is 0 Å². The molecule has 3 rings (SSSR count). The number of amides is 1. The van der Waals surface area contributed by atoms with Crippen LogP contribution in [0.3, 0.4) is 0 Å². The number of rotatable bonds is 1. The van der Waals surface area contributed by atoms with E-state index in [2.05, 4.69) is 34.5 Å². The average Bonchev–Trinajstić information content (AvgIpc) is 2.87. The average molecular weight is 329 g/mol. The van der Waals surface area contributed by atoms with Gasteiger partial charge in [0.1, 0.15) is 5.60 Å². The van der Waals surface area contributed by atoms with Crippen LogP contribution < -0.4 is 10.6 Å². The Labute approximate surface area is 143 Å². The van der Waals surface area contributed by atoms with Crippen molar-refractivity contribution in [1.29, 1.82) is 0 Å². The lowest BCUT2D eigenvalue weighted by atomic mass is 9.92. The van der Waals surface area contributed by atoms with E-state index in [0.29, 0.717) is 5.92 Å². The molecular weight excluding hydrogens is 302 g/mol. The summed E-state index contributed by atoms with van der Waals surface area (Å²) in [5.41, 5.74) is 0.694. The molecule has 0 saturated carbocycles. The largest absolute Gasteiger partial charge is 0.444 e. The fraction of sp³-hybridized carbons (Fsp3) is 0.579. The minimum atomic E-state index is -0.441. The molecule has 24 heavy (non-hydrogen) atoms. The summed E-state index contributed by atoms with van der Waals surface area (Å²) in [6.45, 7) is 7.15. The summed E-state index contributed by atoms with van der Waals surface area (Å²) >= 11 is 0. The molecule has 1 saturated heterocycles. The number of nitrogens with one attached hydrogen (secondary N) is 1. The van der Waals surface area contributed by atoms with Crippen LogP contribution in [0.25, 0.3) is 12.2 Å². The quantitative estimate of drug-likeness (QED) is 0.861. The van der Waals surface area contributed by atoms with Crippen LogP contribution in [0.15, 0.2) is 12.2 Å². The molecule has 1 aromatic rings. The molecule has 1 amide bonds. The molecule has 0 radical (unpaired) electrons. The van der Waals surface area contributed by atoms with Crippen LogP contribution in [-0.2, 0) is 4.74 Å². The Balaban J connectivity index is 1.70. The number of ether oxygens (including phenoxy) is 1. The summed E-state index contributed by atoms with van der Waals surface area (Å²) in [5.74, 6) is 0.390. The van der Waals surface area contributed by atoms with Gasteiger partial charge < -0.3 is 9.64 Å². The van der Waals surface area contributed by atoms with E-state index in [-0.39, 0.29) is 6.09 Å². The molecule has 0 bridgehead atoms. The maximum Gasteiger partial charge on any atom is 0.410 e. The fourth-order valence-corrected chi connectivity index (χ4v) is 3.27. The number of aromatic nitrogens is 2. The van der Waals surface area contributed by atoms with Crippen molar-refractivity contribution < 1.29 is 9.53 Å². The number of piperidine rings is 1. The predicted octanol–water partition coefficient (Wildman–Crippen LogP) is 2.44. The Kier molecular flexibility index (Phi) is 4.78. The van der Waals surface area contributed by atoms with Gasteiger partial charge >= 0.3 is 6.09 Å². The topological polar surface area (TPSA) is 58.2 Å². The lowest BCUT2D eigenvalue weighted by Crippen LogP contribution is -2.42. The number of aromatic amines is 1. The first-order valence-electron chi connectivity index (χ1n) is 8.83. The van der Waals surface area contributed by atoms with Gasteiger partial charge in [-0.1, -0.05) is 24.3 Å². The first-order valence-corrected chi connectivity index (χ1v) is 8.83. The molecule has 0 aromatic carbocycles. The molecule has 130 valence electrons. The van der Waals surface area contributed by atoms with E-state index in [9.17, 15) is 4.79 Å². The van der Waals surface area contributed by atoms with Gasteiger partial charge in [-0.2, -0.15) is 5.10 Å². The predicted molar refractivity (Wildman–Crippen MR) is 94.9 cm³/mol. The molecule has 1 fully saturated rings. The van der Waals surface area contributed by atoms with E-state index in [1.807, 2.05) is 25.7 Å². The number of nitrogens with zero attached hydrogens (tertiary/aromatic N) is 2. The summed E-state index contributed by atoms with van der Waals surface area (Å²) in [5, 5.41) is 10.1. The molecule has 2 heterocycles. The first-order chi connectivity index (χ1) is 11.4. The molecule has 0 spiro atoms. The van der Waals surface area contributed by atoms with Gasteiger partial charge in [0.15, 0.2) is 0 Å². The van der Waals surface area contributed by atoms with Crippen LogP contribution in [-0.4, -0.2) is 39.9 Å². The van der Waals surface area contributed by atoms with Crippen LogP contribution >= 0.6 is 0 Å². The van der Waals surface area contributed by atoms with Gasteiger partial charge in [0, 0.05) is 24.2 Å². The second-order valence-corrected chi connectivity index (χ2v) is 7.55. The molecule has 1 aliphatic heterocycles. The number of carbonyl (C=O) groups excluding carboxylic acids is 1. The van der Waals surface area contributed by atoms with Crippen LogP contribution in [0.1, 0.15) is 58.1 Å². The van der Waals surface area contributed by atoms with Gasteiger partial charge in [-0.05, 0) is 46.5 Å². The van der Waals surface area contributed by atoms with Crippen molar-refractivity contribution >= 4 is 18.2 Å². The second-order valence-electron chi connectivity index (χ2n) is 7.55. The normalized spacial score (nSPS) is 18.9. The summed E-state index contributed by atoms with van der Waals surface area (Å²) in [6.07, 6.45) is 12.5. The molecule has 5 heteroatoms. The maximum atomic E-state index is 12.2. The Morgan fingerprint density at radius 3 is 2.75 bits per heavy atom. The third-order valence-electron chi connectivity index (χ3n) is 4.48. The second kappa shape index (κ2) is 6.83. The van der Waals surface area contributed by atoms with E-state index in [1.165, 1.54) is 5.22 Å². The Hall–Kier alpha value is -2.04. The molecule has 1 aliphatic carbocycles. The number of fused-ring (bicyclic) bond motifs is 1. The van der Waals surface area contributed by atoms with Crippen LogP contribution in [0.2, 0.25) is 0 Å². The van der Waals surface area contributed by atoms with E-state index in [0.717, 1.165) is 49.8 Å². The standard InChI is InChI=1S/C19H27N3O2/c1-19(2,3)24-18(23)22-12-10-14(11-13-22)17-15-8-6-4-5-7-9-16(15)20-21-17/h4,6,8-9,14,20H,5,7,10-13H2,1-3H3. The van der Waals surface area contributed by atoms with Crippen molar-refractivity contribution in [1.82, 2.24) is 15.1 Å². The summed E-state index contributed by atoms with van der Waals surface area (Å²) in [7, 11) is 0. The fourth-order valence-electron chi connectivity index (χ4n) is 3.27. The Bertz CT molecular complexity index is 732. The number of hydrogen-bond donors (Lipinski definition) is 1. The van der Waals surface area contributed by atoms with E-state index in [1.54, 1.807) is 0 Å². The highest BCUT2D eigenvalue weighted by Gasteiger charge is 2.28. The number of carbonyl (C=O) groups is 1. The smallest absolute Gasteiger partial charge is 0.410 e. The summed E-state index contributed by atoms with van der Waals surface area (Å²) in [4.78, 5) is 14.0. The minimum absolute atomic E-state index is 0.207. The molecule has 2 aliphatic rings. The highest BCUT2D eigenvalue weighted by Crippen LogP contribution is 2.25. The Morgan fingerprint density at radius 2 is 2.04 bits per heavy atom. The lowest BCUT2D eigenvalue weighted by Gasteiger charge is -2.33. The zero-order valence-corrected chi connectivity index (χ0v) is 14.8. The van der Waals surface area contributed by atoms with Crippen molar-refractivity contribution in [3.8, 4) is 0 Å². The van der Waals surface area contributed by atoms with Gasteiger partial charge in [0.25, 0.3) is 0 Å². The number of hydrogen-bond acceptors (Lipinski definition) is 3. The Morgan fingerprint density at radius 1 is 1.29 bits per heavy atom. The maximum absolute atomic E-state index is 12.2. The monoisotopic (exact) mass is 329 g/mol. The van der Waals surface area contributed by atoms with Gasteiger partial charge in [0.2, 0.25) is 0 Å². The van der Waals surface area contributed by atoms with Gasteiger partial charge in [-0.15, -0.1) is 0 Å². The van der Waals surface area contributed by atoms with E-state index < -0.39 is 5.60 Å². The molecular formula is C19H27N3O2. The molecule has 0 atom stereocenters. The van der Waals surface area contributed by atoms with E-state index in [4.69, 9.17) is 4.74 Å². The molecule has 0 unspecified atom stereocenters. The zero-order valence-electron chi connectivity index (χ0n) is 14.8. The van der Waals surface area contributed by atoms with Crippen molar-refractivity contribution in [2.45, 2.75) is 58.0 Å².